The van der Waals surface area contributed by atoms with Crippen LogP contribution in [0.1, 0.15) is 6.92 Å². The number of nitro benzene ring substituents is 1. The number of nitrogens with zero attached hydrogens (tertiary/aromatic N) is 1. The number of hydrogen-bond acceptors (Lipinski definition) is 4. The van der Waals surface area contributed by atoms with Crippen LogP contribution < -0.4 is 0 Å². The number of carbonyl (C=O) groups is 1. The summed E-state index contributed by atoms with van der Waals surface area (Å²) in [5.41, 5.74) is 0.943. The standard InChI is InChI=1S/C8H6N2O2.C3H6O2/c11-10(12)8-3-1-2-7-6(8)4-5-9-7;1-2-5-3-4/h1-5,9H;3H,2H2,1H3. The van der Waals surface area contributed by atoms with Crippen LogP contribution in [0.2, 0.25) is 0 Å². The predicted octanol–water partition coefficient (Wildman–Crippen LogP) is 2.26. The molecular formula is C11H12N2O4. The van der Waals surface area contributed by atoms with Gasteiger partial charge in [-0.25, -0.2) is 0 Å². The van der Waals surface area contributed by atoms with Gasteiger partial charge in [0.25, 0.3) is 12.2 Å². The molecule has 17 heavy (non-hydrogen) atoms. The zero-order valence-corrected chi connectivity index (χ0v) is 9.25. The number of benzene rings is 1. The van der Waals surface area contributed by atoms with Crippen LogP contribution in [-0.4, -0.2) is 23.0 Å². The lowest BCUT2D eigenvalue weighted by atomic mass is 10.2. The third-order valence-corrected chi connectivity index (χ3v) is 2.00. The molecule has 2 rings (SSSR count). The third kappa shape index (κ3) is 3.30. The van der Waals surface area contributed by atoms with E-state index < -0.39 is 0 Å². The van der Waals surface area contributed by atoms with Crippen molar-refractivity contribution in [3.8, 4) is 0 Å². The van der Waals surface area contributed by atoms with Crippen molar-refractivity contribution in [3.63, 3.8) is 0 Å². The van der Waals surface area contributed by atoms with Crippen molar-refractivity contribution < 1.29 is 14.5 Å². The van der Waals surface area contributed by atoms with E-state index in [-0.39, 0.29) is 10.6 Å². The lowest BCUT2D eigenvalue weighted by Gasteiger charge is -1.91. The summed E-state index contributed by atoms with van der Waals surface area (Å²) < 4.78 is 4.15. The van der Waals surface area contributed by atoms with E-state index in [4.69, 9.17) is 0 Å². The summed E-state index contributed by atoms with van der Waals surface area (Å²) in [7, 11) is 0. The van der Waals surface area contributed by atoms with Crippen LogP contribution in [0.25, 0.3) is 10.9 Å². The summed E-state index contributed by atoms with van der Waals surface area (Å²) in [6.07, 6.45) is 1.69. The number of carbonyl (C=O) groups excluding carboxylic acids is 1. The molecule has 0 aliphatic heterocycles. The Labute approximate surface area is 97.4 Å². The predicted molar refractivity (Wildman–Crippen MR) is 62.6 cm³/mol. The van der Waals surface area contributed by atoms with E-state index >= 15 is 0 Å². The minimum absolute atomic E-state index is 0.147. The zero-order valence-electron chi connectivity index (χ0n) is 9.25. The van der Waals surface area contributed by atoms with E-state index in [9.17, 15) is 14.9 Å². The minimum Gasteiger partial charge on any atom is -0.468 e. The summed E-state index contributed by atoms with van der Waals surface area (Å²) in [5, 5.41) is 11.2. The summed E-state index contributed by atoms with van der Waals surface area (Å²) in [6.45, 7) is 2.66. The molecule has 2 aromatic rings. The maximum Gasteiger partial charge on any atom is 0.293 e. The van der Waals surface area contributed by atoms with Crippen molar-refractivity contribution in [3.05, 3.63) is 40.6 Å². The van der Waals surface area contributed by atoms with Crippen molar-refractivity contribution in [2.45, 2.75) is 6.92 Å². The number of rotatable bonds is 3. The van der Waals surface area contributed by atoms with E-state index in [1.54, 1.807) is 25.3 Å². The Hall–Kier alpha value is -2.37. The van der Waals surface area contributed by atoms with Crippen LogP contribution in [0.4, 0.5) is 5.69 Å². The number of ether oxygens (including phenoxy) is 1. The molecule has 0 bridgehead atoms. The second-order valence-electron chi connectivity index (χ2n) is 3.02. The molecule has 1 aromatic carbocycles. The van der Waals surface area contributed by atoms with Crippen LogP contribution in [0.3, 0.4) is 0 Å². The maximum absolute atomic E-state index is 10.5. The van der Waals surface area contributed by atoms with Gasteiger partial charge in [-0.3, -0.25) is 14.9 Å². The first-order valence-electron chi connectivity index (χ1n) is 4.96. The topological polar surface area (TPSA) is 85.2 Å². The summed E-state index contributed by atoms with van der Waals surface area (Å²) in [6, 6.07) is 6.67. The highest BCUT2D eigenvalue weighted by Crippen LogP contribution is 2.23. The first-order valence-corrected chi connectivity index (χ1v) is 4.96. The Morgan fingerprint density at radius 2 is 2.24 bits per heavy atom. The number of nitro groups is 1. The maximum atomic E-state index is 10.5. The fourth-order valence-electron chi connectivity index (χ4n) is 1.30. The van der Waals surface area contributed by atoms with Gasteiger partial charge in [0.2, 0.25) is 0 Å². The molecule has 6 heteroatoms. The molecule has 0 aliphatic carbocycles. The Kier molecular flexibility index (Phi) is 4.68. The number of non-ortho nitro benzene ring substituents is 1. The first-order chi connectivity index (χ1) is 8.20. The third-order valence-electron chi connectivity index (χ3n) is 2.00. The van der Waals surface area contributed by atoms with E-state index in [1.165, 1.54) is 6.07 Å². The molecular weight excluding hydrogens is 224 g/mol. The normalized spacial score (nSPS) is 9.24. The molecule has 90 valence electrons. The van der Waals surface area contributed by atoms with Gasteiger partial charge in [-0.2, -0.15) is 0 Å². The molecule has 0 saturated carbocycles. The molecule has 0 spiro atoms. The quantitative estimate of drug-likeness (QED) is 0.503. The van der Waals surface area contributed by atoms with Gasteiger partial charge in [-0.1, -0.05) is 6.07 Å². The Morgan fingerprint density at radius 1 is 1.47 bits per heavy atom. The smallest absolute Gasteiger partial charge is 0.293 e. The molecule has 0 amide bonds. The zero-order chi connectivity index (χ0) is 12.7. The van der Waals surface area contributed by atoms with Gasteiger partial charge < -0.3 is 9.72 Å². The van der Waals surface area contributed by atoms with Crippen LogP contribution in [0, 0.1) is 10.1 Å². The number of fused-ring (bicyclic) bond motifs is 1. The molecule has 1 N–H and O–H groups in total. The van der Waals surface area contributed by atoms with Crippen molar-refractivity contribution in [1.82, 2.24) is 4.98 Å². The molecule has 0 saturated heterocycles. The van der Waals surface area contributed by atoms with Crippen LogP contribution in [-0.2, 0) is 9.53 Å². The number of aromatic nitrogens is 1. The van der Waals surface area contributed by atoms with E-state index in [0.717, 1.165) is 5.52 Å². The van der Waals surface area contributed by atoms with E-state index in [2.05, 4.69) is 9.72 Å². The molecule has 0 radical (unpaired) electrons. The van der Waals surface area contributed by atoms with Gasteiger partial charge >= 0.3 is 0 Å². The van der Waals surface area contributed by atoms with Gasteiger partial charge in [-0.15, -0.1) is 0 Å². The molecule has 0 unspecified atom stereocenters. The number of H-pyrrole nitrogens is 1. The Balaban J connectivity index is 0.000000249. The number of aromatic amines is 1. The van der Waals surface area contributed by atoms with E-state index in [0.29, 0.717) is 18.5 Å². The van der Waals surface area contributed by atoms with Gasteiger partial charge in [0.1, 0.15) is 0 Å². The van der Waals surface area contributed by atoms with Crippen LogP contribution in [0.15, 0.2) is 30.5 Å². The molecule has 6 nitrogen and oxygen atoms in total. The first kappa shape index (κ1) is 12.7. The Morgan fingerprint density at radius 3 is 2.76 bits per heavy atom. The summed E-state index contributed by atoms with van der Waals surface area (Å²) in [5.74, 6) is 0. The molecule has 1 heterocycles. The molecule has 0 atom stereocenters. The highest BCUT2D eigenvalue weighted by atomic mass is 16.6. The fraction of sp³-hybridized carbons (Fsp3) is 0.182. The largest absolute Gasteiger partial charge is 0.468 e. The second-order valence-corrected chi connectivity index (χ2v) is 3.02. The second kappa shape index (κ2) is 6.26. The lowest BCUT2D eigenvalue weighted by molar-refractivity contribution is -0.383. The van der Waals surface area contributed by atoms with Crippen molar-refractivity contribution in [1.29, 1.82) is 0 Å². The van der Waals surface area contributed by atoms with Gasteiger partial charge in [0.05, 0.1) is 22.4 Å². The minimum atomic E-state index is -0.379. The van der Waals surface area contributed by atoms with Gasteiger partial charge in [0.15, 0.2) is 0 Å². The highest BCUT2D eigenvalue weighted by molar-refractivity contribution is 5.88. The van der Waals surface area contributed by atoms with Crippen molar-refractivity contribution in [2.24, 2.45) is 0 Å². The average molecular weight is 236 g/mol. The Bertz CT molecular complexity index is 507. The van der Waals surface area contributed by atoms with Crippen LogP contribution >= 0.6 is 0 Å². The monoisotopic (exact) mass is 236 g/mol. The lowest BCUT2D eigenvalue weighted by Crippen LogP contribution is -1.87. The van der Waals surface area contributed by atoms with Gasteiger partial charge in [-0.05, 0) is 19.1 Å². The number of nitrogens with one attached hydrogen (secondary N) is 1. The van der Waals surface area contributed by atoms with Crippen LogP contribution in [0.5, 0.6) is 0 Å². The fourth-order valence-corrected chi connectivity index (χ4v) is 1.30. The molecule has 0 aliphatic rings. The van der Waals surface area contributed by atoms with Crippen molar-refractivity contribution in [2.75, 3.05) is 6.61 Å². The van der Waals surface area contributed by atoms with Gasteiger partial charge in [0, 0.05) is 12.3 Å². The average Bonchev–Trinajstić information content (AvgIpc) is 2.78. The van der Waals surface area contributed by atoms with E-state index in [1.807, 2.05) is 6.07 Å². The van der Waals surface area contributed by atoms with Crippen molar-refractivity contribution >= 4 is 23.1 Å². The molecule has 1 aromatic heterocycles. The molecule has 0 fully saturated rings. The number of hydrogen-bond donors (Lipinski definition) is 1. The summed E-state index contributed by atoms with van der Waals surface area (Å²) in [4.78, 5) is 22.2. The summed E-state index contributed by atoms with van der Waals surface area (Å²) >= 11 is 0. The SMILES string of the molecule is CCOC=O.O=[N+]([O-])c1cccc2[nH]ccc12. The highest BCUT2D eigenvalue weighted by Gasteiger charge is 2.10.